The number of carboxylic acids is 1. The van der Waals surface area contributed by atoms with E-state index < -0.39 is 11.9 Å². The third kappa shape index (κ3) is 6.77. The Hall–Kier alpha value is -2.17. The van der Waals surface area contributed by atoms with Crippen LogP contribution in [0.5, 0.6) is 0 Å². The summed E-state index contributed by atoms with van der Waals surface area (Å²) in [4.78, 5) is 11.8. The van der Waals surface area contributed by atoms with Crippen LogP contribution in [-0.4, -0.2) is 22.1 Å². The predicted molar refractivity (Wildman–Crippen MR) is 115 cm³/mol. The Bertz CT molecular complexity index is 690. The fraction of sp³-hybridized carbons (Fsp3) is 0.458. The maximum atomic E-state index is 11.8. The smallest absolute Gasteiger partial charge is 0.307 e. The number of hydrogen-bond donors (Lipinski definition) is 2. The van der Waals surface area contributed by atoms with Crippen LogP contribution in [0.2, 0.25) is 0 Å². The minimum absolute atomic E-state index is 0.0737. The molecule has 0 heterocycles. The molecule has 0 bridgehead atoms. The van der Waals surface area contributed by atoms with E-state index in [-0.39, 0.29) is 12.1 Å². The van der Waals surface area contributed by atoms with Gasteiger partial charge in [0.2, 0.25) is 0 Å². The zero-order valence-corrected chi connectivity index (χ0v) is 17.3. The van der Waals surface area contributed by atoms with Crippen molar-refractivity contribution < 1.29 is 9.90 Å². The van der Waals surface area contributed by atoms with Gasteiger partial charge in [-0.3, -0.25) is 4.79 Å². The summed E-state index contributed by atoms with van der Waals surface area (Å²) in [7, 11) is 0. The van der Waals surface area contributed by atoms with E-state index >= 15 is 0 Å². The molecule has 0 aliphatic rings. The number of nitrogens with zero attached hydrogens (tertiary/aromatic N) is 1. The molecule has 0 radical (unpaired) electrons. The fourth-order valence-electron chi connectivity index (χ4n) is 3.55. The summed E-state index contributed by atoms with van der Waals surface area (Å²) in [6, 6.07) is 20.6. The first-order chi connectivity index (χ1) is 13.5. The van der Waals surface area contributed by atoms with Gasteiger partial charge < -0.3 is 5.11 Å². The van der Waals surface area contributed by atoms with Crippen molar-refractivity contribution in [1.29, 1.82) is 0 Å². The van der Waals surface area contributed by atoms with Crippen molar-refractivity contribution in [3.8, 4) is 0 Å². The molecule has 0 aliphatic heterocycles. The summed E-state index contributed by atoms with van der Waals surface area (Å²) >= 11 is 0. The van der Waals surface area contributed by atoms with E-state index in [1.807, 2.05) is 43.3 Å². The second-order valence-electron chi connectivity index (χ2n) is 7.57. The molecular formula is C24H34N2O2. The van der Waals surface area contributed by atoms with Crippen molar-refractivity contribution in [2.75, 3.05) is 0 Å². The summed E-state index contributed by atoms with van der Waals surface area (Å²) in [5.74, 6) is -1.19. The highest BCUT2D eigenvalue weighted by Crippen LogP contribution is 2.22. The lowest BCUT2D eigenvalue weighted by Crippen LogP contribution is -2.50. The normalized spacial score (nSPS) is 14.6. The van der Waals surface area contributed by atoms with Crippen LogP contribution in [-0.2, 0) is 11.3 Å². The molecule has 4 heteroatoms. The summed E-state index contributed by atoms with van der Waals surface area (Å²) in [6.45, 7) is 6.80. The highest BCUT2D eigenvalue weighted by atomic mass is 16.4. The van der Waals surface area contributed by atoms with Gasteiger partial charge in [0.1, 0.15) is 0 Å². The topological polar surface area (TPSA) is 52.6 Å². The molecule has 0 amide bonds. The molecule has 0 aromatic heterocycles. The van der Waals surface area contributed by atoms with E-state index in [2.05, 4.69) is 48.5 Å². The van der Waals surface area contributed by atoms with Crippen LogP contribution in [0.4, 0.5) is 0 Å². The van der Waals surface area contributed by atoms with Gasteiger partial charge in [-0.05, 0) is 24.5 Å². The van der Waals surface area contributed by atoms with Crippen LogP contribution in [0.15, 0.2) is 60.7 Å². The first-order valence-electron chi connectivity index (χ1n) is 10.4. The molecule has 2 rings (SSSR count). The fourth-order valence-corrected chi connectivity index (χ4v) is 3.55. The van der Waals surface area contributed by atoms with Crippen LogP contribution < -0.4 is 5.43 Å². The molecule has 0 spiro atoms. The van der Waals surface area contributed by atoms with Crippen molar-refractivity contribution in [2.45, 2.75) is 65.1 Å². The summed E-state index contributed by atoms with van der Waals surface area (Å²) < 4.78 is 0. The van der Waals surface area contributed by atoms with E-state index in [1.165, 1.54) is 11.1 Å². The van der Waals surface area contributed by atoms with Crippen molar-refractivity contribution in [3.63, 3.8) is 0 Å². The zero-order chi connectivity index (χ0) is 20.4. The Morgan fingerprint density at radius 2 is 1.61 bits per heavy atom. The van der Waals surface area contributed by atoms with Gasteiger partial charge in [0.25, 0.3) is 0 Å². The number of hydrogen-bond acceptors (Lipinski definition) is 3. The van der Waals surface area contributed by atoms with E-state index in [0.29, 0.717) is 6.54 Å². The minimum atomic E-state index is -0.742. The van der Waals surface area contributed by atoms with Crippen LogP contribution in [0.25, 0.3) is 0 Å². The lowest BCUT2D eigenvalue weighted by molar-refractivity contribution is -0.144. The Morgan fingerprint density at radius 3 is 2.18 bits per heavy atom. The molecule has 3 unspecified atom stereocenters. The van der Waals surface area contributed by atoms with Gasteiger partial charge in [0.05, 0.1) is 5.92 Å². The van der Waals surface area contributed by atoms with Crippen LogP contribution >= 0.6 is 0 Å². The van der Waals surface area contributed by atoms with Crippen molar-refractivity contribution >= 4 is 5.97 Å². The number of unbranched alkanes of at least 4 members (excludes halogenated alkanes) is 2. The van der Waals surface area contributed by atoms with Gasteiger partial charge in [-0.2, -0.15) is 0 Å². The van der Waals surface area contributed by atoms with Crippen LogP contribution in [0.1, 0.15) is 63.6 Å². The predicted octanol–water partition coefficient (Wildman–Crippen LogP) is 5.42. The Kier molecular flexibility index (Phi) is 9.18. The number of carbonyl (C=O) groups is 1. The van der Waals surface area contributed by atoms with E-state index in [9.17, 15) is 9.90 Å². The molecule has 4 nitrogen and oxygen atoms in total. The zero-order valence-electron chi connectivity index (χ0n) is 17.3. The second-order valence-corrected chi connectivity index (χ2v) is 7.57. The quantitative estimate of drug-likeness (QED) is 0.380. The van der Waals surface area contributed by atoms with Crippen molar-refractivity contribution in [2.24, 2.45) is 5.92 Å². The molecule has 2 aromatic rings. The average molecular weight is 383 g/mol. The lowest BCUT2D eigenvalue weighted by Gasteiger charge is -2.37. The highest BCUT2D eigenvalue weighted by molar-refractivity contribution is 5.70. The van der Waals surface area contributed by atoms with E-state index in [4.69, 9.17) is 0 Å². The monoisotopic (exact) mass is 382 g/mol. The van der Waals surface area contributed by atoms with Gasteiger partial charge in [0, 0.05) is 18.6 Å². The number of carboxylic acid groups (broad SMARTS) is 1. The Balaban J connectivity index is 2.25. The number of aliphatic carboxylic acids is 1. The van der Waals surface area contributed by atoms with Crippen molar-refractivity contribution in [1.82, 2.24) is 10.4 Å². The molecule has 0 saturated carbocycles. The van der Waals surface area contributed by atoms with Crippen LogP contribution in [0, 0.1) is 5.92 Å². The first-order valence-corrected chi connectivity index (χ1v) is 10.4. The maximum absolute atomic E-state index is 11.8. The first kappa shape index (κ1) is 22.1. The number of nitrogens with one attached hydrogen (secondary N) is 1. The summed E-state index contributed by atoms with van der Waals surface area (Å²) in [6.07, 6.45) is 4.14. The molecule has 0 fully saturated rings. The largest absolute Gasteiger partial charge is 0.481 e. The van der Waals surface area contributed by atoms with Crippen molar-refractivity contribution in [3.05, 3.63) is 71.8 Å². The molecule has 2 aromatic carbocycles. The van der Waals surface area contributed by atoms with E-state index in [0.717, 1.165) is 25.7 Å². The van der Waals surface area contributed by atoms with Gasteiger partial charge >= 0.3 is 5.97 Å². The maximum Gasteiger partial charge on any atom is 0.307 e. The number of hydrazine groups is 1. The van der Waals surface area contributed by atoms with Gasteiger partial charge in [-0.1, -0.05) is 93.8 Å². The Labute approximate surface area is 169 Å². The molecule has 152 valence electrons. The molecular weight excluding hydrogens is 348 g/mol. The molecule has 0 aliphatic carbocycles. The minimum Gasteiger partial charge on any atom is -0.481 e. The lowest BCUT2D eigenvalue weighted by atomic mass is 9.95. The van der Waals surface area contributed by atoms with Gasteiger partial charge in [0.15, 0.2) is 0 Å². The third-order valence-corrected chi connectivity index (χ3v) is 5.33. The van der Waals surface area contributed by atoms with Crippen LogP contribution in [0.3, 0.4) is 0 Å². The van der Waals surface area contributed by atoms with Gasteiger partial charge in [-0.15, -0.1) is 0 Å². The summed E-state index contributed by atoms with van der Waals surface area (Å²) in [5, 5.41) is 11.9. The third-order valence-electron chi connectivity index (χ3n) is 5.33. The molecule has 0 saturated heterocycles. The molecule has 28 heavy (non-hydrogen) atoms. The second kappa shape index (κ2) is 11.6. The number of rotatable bonds is 12. The Morgan fingerprint density at radius 1 is 1.00 bits per heavy atom. The highest BCUT2D eigenvalue weighted by Gasteiger charge is 2.30. The average Bonchev–Trinajstić information content (AvgIpc) is 2.71. The van der Waals surface area contributed by atoms with E-state index in [1.54, 1.807) is 0 Å². The molecule has 3 atom stereocenters. The number of benzene rings is 2. The summed E-state index contributed by atoms with van der Waals surface area (Å²) in [5.41, 5.74) is 5.98. The standard InChI is InChI=1S/C24H34N2O2/c1-4-5-8-17-23(19(2)24(27)28)26(18-21-13-9-6-10-14-21)25-20(3)22-15-11-7-12-16-22/h6-7,9-16,19-20,23,25H,4-5,8,17-18H2,1-3H3,(H,27,28). The SMILES string of the molecule is CCCCCC(C(C)C(=O)O)N(Cc1ccccc1)NC(C)c1ccccc1. The molecule has 2 N–H and O–H groups in total. The van der Waals surface area contributed by atoms with Gasteiger partial charge in [-0.25, -0.2) is 10.4 Å².